The highest BCUT2D eigenvalue weighted by Crippen LogP contribution is 2.16. The molecule has 2 aromatic heterocycles. The molecule has 0 unspecified atom stereocenters. The van der Waals surface area contributed by atoms with Crippen molar-refractivity contribution in [3.05, 3.63) is 65.2 Å². The average Bonchev–Trinajstić information content (AvgIpc) is 3.17. The first-order valence-electron chi connectivity index (χ1n) is 7.65. The molecule has 3 aromatic rings. The minimum atomic E-state index is -0.0690. The Morgan fingerprint density at radius 2 is 1.96 bits per heavy atom. The highest BCUT2D eigenvalue weighted by Gasteiger charge is 2.07. The molecule has 0 bridgehead atoms. The molecule has 2 heterocycles. The van der Waals surface area contributed by atoms with Crippen LogP contribution in [0.1, 0.15) is 17.5 Å². The van der Waals surface area contributed by atoms with Gasteiger partial charge in [0.05, 0.1) is 24.6 Å². The van der Waals surface area contributed by atoms with E-state index in [1.807, 2.05) is 37.4 Å². The molecule has 0 aliphatic rings. The molecule has 1 aromatic carbocycles. The number of benzene rings is 1. The van der Waals surface area contributed by atoms with E-state index in [1.165, 1.54) is 0 Å². The van der Waals surface area contributed by atoms with Crippen molar-refractivity contribution >= 4 is 23.2 Å². The van der Waals surface area contributed by atoms with Crippen LogP contribution in [0.5, 0.6) is 0 Å². The molecule has 7 heteroatoms. The van der Waals surface area contributed by atoms with E-state index in [-0.39, 0.29) is 5.91 Å². The van der Waals surface area contributed by atoms with Gasteiger partial charge in [0.1, 0.15) is 0 Å². The van der Waals surface area contributed by atoms with Crippen LogP contribution in [0.3, 0.4) is 0 Å². The van der Waals surface area contributed by atoms with E-state index in [1.54, 1.807) is 28.0 Å². The van der Waals surface area contributed by atoms with E-state index < -0.39 is 0 Å². The van der Waals surface area contributed by atoms with Gasteiger partial charge in [-0.3, -0.25) is 14.2 Å². The zero-order valence-corrected chi connectivity index (χ0v) is 14.1. The lowest BCUT2D eigenvalue weighted by molar-refractivity contribution is -0.116. The van der Waals surface area contributed by atoms with Crippen LogP contribution in [0.15, 0.2) is 49.1 Å². The molecule has 0 saturated heterocycles. The van der Waals surface area contributed by atoms with Crippen molar-refractivity contribution in [1.82, 2.24) is 19.6 Å². The minimum absolute atomic E-state index is 0.0690. The predicted octanol–water partition coefficient (Wildman–Crippen LogP) is 3.12. The summed E-state index contributed by atoms with van der Waals surface area (Å²) >= 11 is 6.15. The van der Waals surface area contributed by atoms with Crippen molar-refractivity contribution < 1.29 is 4.79 Å². The number of aryl methyl sites for hydroxylation is 2. The molecular weight excluding hydrogens is 326 g/mol. The van der Waals surface area contributed by atoms with Gasteiger partial charge in [0.2, 0.25) is 5.91 Å². The number of amides is 1. The van der Waals surface area contributed by atoms with Crippen LogP contribution in [0.25, 0.3) is 0 Å². The van der Waals surface area contributed by atoms with Crippen LogP contribution >= 0.6 is 11.6 Å². The van der Waals surface area contributed by atoms with Crippen molar-refractivity contribution in [2.24, 2.45) is 0 Å². The van der Waals surface area contributed by atoms with Gasteiger partial charge in [-0.15, -0.1) is 0 Å². The van der Waals surface area contributed by atoms with Crippen molar-refractivity contribution in [2.75, 3.05) is 5.32 Å². The molecule has 1 amide bonds. The normalized spacial score (nSPS) is 10.8. The van der Waals surface area contributed by atoms with Crippen LogP contribution in [-0.2, 0) is 17.9 Å². The summed E-state index contributed by atoms with van der Waals surface area (Å²) in [4.78, 5) is 12.0. The molecule has 0 aliphatic carbocycles. The summed E-state index contributed by atoms with van der Waals surface area (Å²) in [5.41, 5.74) is 2.73. The van der Waals surface area contributed by atoms with Crippen LogP contribution in [0.4, 0.5) is 5.69 Å². The second-order valence-electron chi connectivity index (χ2n) is 5.60. The topological polar surface area (TPSA) is 64.7 Å². The molecule has 124 valence electrons. The summed E-state index contributed by atoms with van der Waals surface area (Å²) < 4.78 is 3.50. The van der Waals surface area contributed by atoms with E-state index in [9.17, 15) is 4.79 Å². The monoisotopic (exact) mass is 343 g/mol. The summed E-state index contributed by atoms with van der Waals surface area (Å²) in [7, 11) is 0. The fraction of sp³-hybridized carbons (Fsp3) is 0.235. The fourth-order valence-electron chi connectivity index (χ4n) is 2.34. The maximum atomic E-state index is 12.0. The summed E-state index contributed by atoms with van der Waals surface area (Å²) in [5.74, 6) is -0.0690. The smallest absolute Gasteiger partial charge is 0.226 e. The average molecular weight is 344 g/mol. The van der Waals surface area contributed by atoms with E-state index in [0.29, 0.717) is 30.2 Å². The van der Waals surface area contributed by atoms with Gasteiger partial charge >= 0.3 is 0 Å². The number of hydrogen-bond donors (Lipinski definition) is 1. The molecular formula is C17H18ClN5O. The van der Waals surface area contributed by atoms with Crippen LogP contribution < -0.4 is 5.32 Å². The minimum Gasteiger partial charge on any atom is -0.323 e. The van der Waals surface area contributed by atoms with Gasteiger partial charge in [0.25, 0.3) is 0 Å². The van der Waals surface area contributed by atoms with Crippen LogP contribution in [0.2, 0.25) is 5.02 Å². The van der Waals surface area contributed by atoms with Gasteiger partial charge in [0, 0.05) is 30.4 Å². The molecule has 6 nitrogen and oxygen atoms in total. The number of hydrogen-bond acceptors (Lipinski definition) is 3. The van der Waals surface area contributed by atoms with Crippen molar-refractivity contribution in [2.45, 2.75) is 26.4 Å². The summed E-state index contributed by atoms with van der Waals surface area (Å²) in [6.07, 6.45) is 7.47. The maximum absolute atomic E-state index is 12.0. The van der Waals surface area contributed by atoms with Crippen molar-refractivity contribution in [3.8, 4) is 0 Å². The molecule has 0 radical (unpaired) electrons. The predicted molar refractivity (Wildman–Crippen MR) is 93.0 cm³/mol. The third-order valence-corrected chi connectivity index (χ3v) is 3.91. The standard InChI is InChI=1S/C17H18ClN5O/c1-13-8-19-22(10-13)7-6-17(24)21-15-9-20-23(12-15)11-14-4-2-3-5-16(14)18/h2-5,8-10,12H,6-7,11H2,1H3,(H,21,24). The third-order valence-electron chi connectivity index (χ3n) is 3.54. The Morgan fingerprint density at radius 1 is 1.17 bits per heavy atom. The van der Waals surface area contributed by atoms with Gasteiger partial charge in [-0.1, -0.05) is 29.8 Å². The van der Waals surface area contributed by atoms with E-state index >= 15 is 0 Å². The number of nitrogens with zero attached hydrogens (tertiary/aromatic N) is 4. The highest BCUT2D eigenvalue weighted by atomic mass is 35.5. The third kappa shape index (κ3) is 4.23. The van der Waals surface area contributed by atoms with Gasteiger partial charge in [-0.25, -0.2) is 0 Å². The van der Waals surface area contributed by atoms with E-state index in [4.69, 9.17) is 11.6 Å². The highest BCUT2D eigenvalue weighted by molar-refractivity contribution is 6.31. The first-order valence-corrected chi connectivity index (χ1v) is 8.03. The second-order valence-corrected chi connectivity index (χ2v) is 6.00. The molecule has 0 fully saturated rings. The van der Waals surface area contributed by atoms with E-state index in [0.717, 1.165) is 11.1 Å². The number of anilines is 1. The lowest BCUT2D eigenvalue weighted by Crippen LogP contribution is -2.14. The number of carbonyl (C=O) groups is 1. The van der Waals surface area contributed by atoms with Gasteiger partial charge in [-0.05, 0) is 24.1 Å². The summed E-state index contributed by atoms with van der Waals surface area (Å²) in [6, 6.07) is 7.63. The number of halogens is 1. The maximum Gasteiger partial charge on any atom is 0.226 e. The molecule has 24 heavy (non-hydrogen) atoms. The molecule has 0 saturated carbocycles. The van der Waals surface area contributed by atoms with Crippen LogP contribution in [-0.4, -0.2) is 25.5 Å². The summed E-state index contributed by atoms with van der Waals surface area (Å²) in [5, 5.41) is 12.0. The van der Waals surface area contributed by atoms with Crippen LogP contribution in [0, 0.1) is 6.92 Å². The Balaban J connectivity index is 1.53. The first-order chi connectivity index (χ1) is 11.6. The molecule has 0 atom stereocenters. The Labute approximate surface area is 145 Å². The quantitative estimate of drug-likeness (QED) is 0.748. The number of rotatable bonds is 6. The Hall–Kier alpha value is -2.60. The number of nitrogens with one attached hydrogen (secondary N) is 1. The van der Waals surface area contributed by atoms with Crippen molar-refractivity contribution in [3.63, 3.8) is 0 Å². The Kier molecular flexibility index (Phi) is 4.96. The molecule has 0 spiro atoms. The molecule has 0 aliphatic heterocycles. The lowest BCUT2D eigenvalue weighted by Gasteiger charge is -2.04. The number of carbonyl (C=O) groups excluding carboxylic acids is 1. The first kappa shape index (κ1) is 16.3. The van der Waals surface area contributed by atoms with Gasteiger partial charge in [0.15, 0.2) is 0 Å². The van der Waals surface area contributed by atoms with Gasteiger partial charge < -0.3 is 5.32 Å². The lowest BCUT2D eigenvalue weighted by atomic mass is 10.2. The second kappa shape index (κ2) is 7.31. The Morgan fingerprint density at radius 3 is 2.71 bits per heavy atom. The van der Waals surface area contributed by atoms with Crippen molar-refractivity contribution in [1.29, 1.82) is 0 Å². The zero-order valence-electron chi connectivity index (χ0n) is 13.3. The largest absolute Gasteiger partial charge is 0.323 e. The van der Waals surface area contributed by atoms with E-state index in [2.05, 4.69) is 15.5 Å². The number of aromatic nitrogens is 4. The molecule has 3 rings (SSSR count). The molecule has 1 N–H and O–H groups in total. The zero-order chi connectivity index (χ0) is 16.9. The SMILES string of the molecule is Cc1cnn(CCC(=O)Nc2cnn(Cc3ccccc3Cl)c2)c1. The van der Waals surface area contributed by atoms with Gasteiger partial charge in [-0.2, -0.15) is 10.2 Å². The fourth-order valence-corrected chi connectivity index (χ4v) is 2.54. The summed E-state index contributed by atoms with van der Waals surface area (Å²) in [6.45, 7) is 3.08. The Bertz CT molecular complexity index is 839.